The molecule has 0 aromatic carbocycles. The lowest BCUT2D eigenvalue weighted by molar-refractivity contribution is -0.132. The number of esters is 1. The molecule has 0 aliphatic rings. The monoisotopic (exact) mass is 293 g/mol. The Balaban J connectivity index is 2.55. The second-order valence-corrected chi connectivity index (χ2v) is 4.64. The van der Waals surface area contributed by atoms with Gasteiger partial charge in [0.15, 0.2) is 0 Å². The Morgan fingerprint density at radius 2 is 2.00 bits per heavy atom. The largest absolute Gasteiger partial charge is 0.465 e. The maximum Gasteiger partial charge on any atom is 0.339 e. The topological polar surface area (TPSA) is 71.5 Å². The van der Waals surface area contributed by atoms with E-state index < -0.39 is 5.97 Å². The van der Waals surface area contributed by atoms with E-state index in [1.165, 1.54) is 13.3 Å². The minimum absolute atomic E-state index is 0.0752. The summed E-state index contributed by atoms with van der Waals surface area (Å²) in [6.07, 6.45) is 1.47. The van der Waals surface area contributed by atoms with E-state index in [2.05, 4.69) is 15.0 Å². The molecule has 1 N–H and O–H groups in total. The van der Waals surface area contributed by atoms with Crippen molar-refractivity contribution in [3.8, 4) is 0 Å². The summed E-state index contributed by atoms with van der Waals surface area (Å²) in [6.45, 7) is 7.63. The van der Waals surface area contributed by atoms with Crippen molar-refractivity contribution in [3.63, 3.8) is 0 Å². The van der Waals surface area contributed by atoms with Crippen molar-refractivity contribution < 1.29 is 14.3 Å². The highest BCUT2D eigenvalue weighted by molar-refractivity contribution is 5.88. The lowest BCUT2D eigenvalue weighted by Gasteiger charge is -2.23. The van der Waals surface area contributed by atoms with Crippen molar-refractivity contribution in [2.45, 2.75) is 33.4 Å². The van der Waals surface area contributed by atoms with E-state index in [1.54, 1.807) is 17.0 Å². The number of pyridine rings is 1. The molecule has 0 radical (unpaired) electrons. The van der Waals surface area contributed by atoms with Crippen LogP contribution in [0.3, 0.4) is 0 Å². The molecule has 0 aliphatic carbocycles. The van der Waals surface area contributed by atoms with Crippen molar-refractivity contribution in [3.05, 3.63) is 29.6 Å². The van der Waals surface area contributed by atoms with Gasteiger partial charge in [-0.1, -0.05) is 0 Å². The lowest BCUT2D eigenvalue weighted by atomic mass is 10.2. The summed E-state index contributed by atoms with van der Waals surface area (Å²) >= 11 is 0. The number of aromatic nitrogens is 1. The van der Waals surface area contributed by atoms with Crippen molar-refractivity contribution in [1.82, 2.24) is 15.2 Å². The van der Waals surface area contributed by atoms with Gasteiger partial charge < -0.3 is 15.0 Å². The fourth-order valence-electron chi connectivity index (χ4n) is 1.92. The predicted molar refractivity (Wildman–Crippen MR) is 79.8 cm³/mol. The molecule has 116 valence electrons. The Hall–Kier alpha value is -1.95. The number of carbonyl (C=O) groups is 2. The van der Waals surface area contributed by atoms with Crippen LogP contribution in [0.4, 0.5) is 0 Å². The number of nitrogens with zero attached hydrogens (tertiary/aromatic N) is 2. The Morgan fingerprint density at radius 3 is 2.48 bits per heavy atom. The van der Waals surface area contributed by atoms with Gasteiger partial charge in [0.1, 0.15) is 0 Å². The summed E-state index contributed by atoms with van der Waals surface area (Å²) < 4.78 is 4.61. The van der Waals surface area contributed by atoms with Crippen LogP contribution in [-0.2, 0) is 16.1 Å². The molecule has 1 aromatic rings. The summed E-state index contributed by atoms with van der Waals surface area (Å²) in [5, 5.41) is 3.14. The Kier molecular flexibility index (Phi) is 6.81. The summed E-state index contributed by atoms with van der Waals surface area (Å²) in [5.41, 5.74) is 1.18. The van der Waals surface area contributed by atoms with Crippen LogP contribution in [0.2, 0.25) is 0 Å². The molecule has 21 heavy (non-hydrogen) atoms. The highest BCUT2D eigenvalue weighted by Crippen LogP contribution is 2.03. The Morgan fingerprint density at radius 1 is 1.33 bits per heavy atom. The standard InChI is InChI=1S/C15H23N3O3/c1-5-18(6-2)14(19)11(3)16-10-13-8-7-12(9-17-13)15(20)21-4/h7-9,11,16H,5-6,10H2,1-4H3. The maximum atomic E-state index is 12.1. The van der Waals surface area contributed by atoms with Gasteiger partial charge in [-0.05, 0) is 32.9 Å². The molecule has 0 saturated heterocycles. The van der Waals surface area contributed by atoms with E-state index in [0.717, 1.165) is 5.69 Å². The van der Waals surface area contributed by atoms with Crippen molar-refractivity contribution in [1.29, 1.82) is 0 Å². The van der Waals surface area contributed by atoms with E-state index in [9.17, 15) is 9.59 Å². The van der Waals surface area contributed by atoms with Crippen molar-refractivity contribution in [2.24, 2.45) is 0 Å². The van der Waals surface area contributed by atoms with Crippen LogP contribution in [0, 0.1) is 0 Å². The van der Waals surface area contributed by atoms with Gasteiger partial charge in [0.25, 0.3) is 0 Å². The molecule has 1 unspecified atom stereocenters. The smallest absolute Gasteiger partial charge is 0.339 e. The first-order chi connectivity index (χ1) is 10.0. The SMILES string of the molecule is CCN(CC)C(=O)C(C)NCc1ccc(C(=O)OC)cn1. The Labute approximate surface area is 125 Å². The highest BCUT2D eigenvalue weighted by atomic mass is 16.5. The zero-order chi connectivity index (χ0) is 15.8. The summed E-state index contributed by atoms with van der Waals surface area (Å²) in [7, 11) is 1.33. The Bertz CT molecular complexity index is 470. The molecule has 1 rings (SSSR count). The molecular weight excluding hydrogens is 270 g/mol. The quantitative estimate of drug-likeness (QED) is 0.765. The molecule has 0 saturated carbocycles. The van der Waals surface area contributed by atoms with E-state index in [4.69, 9.17) is 0 Å². The van der Waals surface area contributed by atoms with E-state index >= 15 is 0 Å². The van der Waals surface area contributed by atoms with Gasteiger partial charge in [-0.25, -0.2) is 4.79 Å². The van der Waals surface area contributed by atoms with Crippen LogP contribution in [-0.4, -0.2) is 48.0 Å². The van der Waals surface area contributed by atoms with Gasteiger partial charge >= 0.3 is 5.97 Å². The minimum Gasteiger partial charge on any atom is -0.465 e. The first-order valence-corrected chi connectivity index (χ1v) is 7.08. The average Bonchev–Trinajstić information content (AvgIpc) is 2.53. The summed E-state index contributed by atoms with van der Waals surface area (Å²) in [4.78, 5) is 29.3. The number of ether oxygens (including phenoxy) is 1. The molecular formula is C15H23N3O3. The average molecular weight is 293 g/mol. The molecule has 6 nitrogen and oxygen atoms in total. The number of amides is 1. The second kappa shape index (κ2) is 8.36. The molecule has 1 atom stereocenters. The number of hydrogen-bond acceptors (Lipinski definition) is 5. The van der Waals surface area contributed by atoms with Crippen molar-refractivity contribution in [2.75, 3.05) is 20.2 Å². The fraction of sp³-hybridized carbons (Fsp3) is 0.533. The first-order valence-electron chi connectivity index (χ1n) is 7.08. The van der Waals surface area contributed by atoms with Gasteiger partial charge in [0, 0.05) is 25.8 Å². The van der Waals surface area contributed by atoms with Crippen LogP contribution >= 0.6 is 0 Å². The molecule has 0 fully saturated rings. The normalized spacial score (nSPS) is 11.8. The first kappa shape index (κ1) is 17.1. The van der Waals surface area contributed by atoms with Crippen LogP contribution in [0.25, 0.3) is 0 Å². The lowest BCUT2D eigenvalue weighted by Crippen LogP contribution is -2.44. The second-order valence-electron chi connectivity index (χ2n) is 4.64. The van der Waals surface area contributed by atoms with Gasteiger partial charge in [-0.3, -0.25) is 9.78 Å². The number of carbonyl (C=O) groups excluding carboxylic acids is 2. The van der Waals surface area contributed by atoms with Gasteiger partial charge in [0.2, 0.25) is 5.91 Å². The molecule has 1 heterocycles. The summed E-state index contributed by atoms with van der Waals surface area (Å²) in [6, 6.07) is 3.13. The number of rotatable bonds is 7. The predicted octanol–water partition coefficient (Wildman–Crippen LogP) is 1.21. The molecule has 0 spiro atoms. The summed E-state index contributed by atoms with van der Waals surface area (Å²) in [5.74, 6) is -0.335. The third kappa shape index (κ3) is 4.82. The zero-order valence-electron chi connectivity index (χ0n) is 13.0. The molecule has 1 amide bonds. The molecule has 0 aliphatic heterocycles. The van der Waals surface area contributed by atoms with Gasteiger partial charge in [-0.2, -0.15) is 0 Å². The fourth-order valence-corrected chi connectivity index (χ4v) is 1.92. The van der Waals surface area contributed by atoms with E-state index in [0.29, 0.717) is 25.2 Å². The van der Waals surface area contributed by atoms with E-state index in [-0.39, 0.29) is 11.9 Å². The van der Waals surface area contributed by atoms with Crippen LogP contribution < -0.4 is 5.32 Å². The van der Waals surface area contributed by atoms with Crippen LogP contribution in [0.1, 0.15) is 36.8 Å². The number of likely N-dealkylation sites (N-methyl/N-ethyl adjacent to an activating group) is 1. The van der Waals surface area contributed by atoms with Gasteiger partial charge in [-0.15, -0.1) is 0 Å². The van der Waals surface area contributed by atoms with Crippen LogP contribution in [0.15, 0.2) is 18.3 Å². The maximum absolute atomic E-state index is 12.1. The number of methoxy groups -OCH3 is 1. The van der Waals surface area contributed by atoms with Gasteiger partial charge in [0.05, 0.1) is 24.4 Å². The third-order valence-corrected chi connectivity index (χ3v) is 3.28. The van der Waals surface area contributed by atoms with Crippen molar-refractivity contribution >= 4 is 11.9 Å². The third-order valence-electron chi connectivity index (χ3n) is 3.28. The minimum atomic E-state index is -0.410. The number of nitrogens with one attached hydrogen (secondary N) is 1. The highest BCUT2D eigenvalue weighted by Gasteiger charge is 2.17. The molecule has 6 heteroatoms. The number of hydrogen-bond donors (Lipinski definition) is 1. The van der Waals surface area contributed by atoms with Crippen LogP contribution in [0.5, 0.6) is 0 Å². The molecule has 1 aromatic heterocycles. The molecule has 0 bridgehead atoms. The van der Waals surface area contributed by atoms with E-state index in [1.807, 2.05) is 20.8 Å². The zero-order valence-corrected chi connectivity index (χ0v) is 13.0.